The number of rotatable bonds is 13. The fraction of sp³-hybridized carbons (Fsp3) is 0.357. The molecule has 0 aromatic heterocycles. The Kier molecular flexibility index (Phi) is 9.84. The largest absolute Gasteiger partial charge is 0.507 e. The number of carbonyl (C=O) groups excluding carboxylic acids is 2. The number of Topliss-reactive ketones (excluding diaryl/α,β-unsaturated/α-hetero) is 1. The second kappa shape index (κ2) is 12.9. The van der Waals surface area contributed by atoms with Crippen LogP contribution in [0.1, 0.15) is 37.4 Å². The molecule has 1 aliphatic rings. The number of aliphatic hydroxyl groups is 1. The van der Waals surface area contributed by atoms with E-state index >= 15 is 0 Å². The van der Waals surface area contributed by atoms with Crippen LogP contribution in [0.25, 0.3) is 5.76 Å². The number of carbonyl (C=O) groups is 2. The summed E-state index contributed by atoms with van der Waals surface area (Å²) >= 11 is 0. The number of amides is 1. The Bertz CT molecular complexity index is 1280. The van der Waals surface area contributed by atoms with Crippen LogP contribution in [-0.4, -0.2) is 74.4 Å². The van der Waals surface area contributed by atoms with E-state index in [4.69, 9.17) is 9.47 Å². The molecule has 1 fully saturated rings. The average molecular weight is 543 g/mol. The zero-order valence-corrected chi connectivity index (χ0v) is 22.7. The zero-order valence-electron chi connectivity index (χ0n) is 21.9. The smallest absolute Gasteiger partial charge is 0.295 e. The number of nitrogens with zero attached hydrogens (tertiary/aromatic N) is 2. The minimum absolute atomic E-state index is 0.0634. The maximum Gasteiger partial charge on any atom is 0.295 e. The van der Waals surface area contributed by atoms with Gasteiger partial charge in [0, 0.05) is 38.9 Å². The van der Waals surface area contributed by atoms with Gasteiger partial charge in [0.05, 0.1) is 16.5 Å². The molecule has 204 valence electrons. The van der Waals surface area contributed by atoms with E-state index in [0.29, 0.717) is 44.0 Å². The summed E-state index contributed by atoms with van der Waals surface area (Å²) in [5, 5.41) is 11.3. The summed E-state index contributed by atoms with van der Waals surface area (Å²) in [6.45, 7) is 8.75. The molecule has 1 unspecified atom stereocenters. The molecule has 0 bridgehead atoms. The van der Waals surface area contributed by atoms with Crippen molar-refractivity contribution in [3.63, 3.8) is 0 Å². The molecule has 1 heterocycles. The van der Waals surface area contributed by atoms with E-state index < -0.39 is 27.8 Å². The van der Waals surface area contributed by atoms with Crippen LogP contribution in [0.5, 0.6) is 5.75 Å². The van der Waals surface area contributed by atoms with Crippen LogP contribution in [0.4, 0.5) is 0 Å². The zero-order chi connectivity index (χ0) is 27.9. The Morgan fingerprint density at radius 3 is 2.26 bits per heavy atom. The molecule has 0 saturated carbocycles. The van der Waals surface area contributed by atoms with Crippen LogP contribution in [-0.2, 0) is 24.3 Å². The lowest BCUT2D eigenvalue weighted by Crippen LogP contribution is -2.31. The van der Waals surface area contributed by atoms with E-state index in [0.717, 1.165) is 0 Å². The third-order valence-electron chi connectivity index (χ3n) is 6.32. The number of aliphatic hydroxyl groups excluding tert-OH is 1. The Hall–Kier alpha value is -3.47. The first-order chi connectivity index (χ1) is 18.2. The molecule has 3 rings (SSSR count). The maximum atomic E-state index is 13.2. The molecule has 38 heavy (non-hydrogen) atoms. The highest BCUT2D eigenvalue weighted by molar-refractivity contribution is 7.89. The van der Waals surface area contributed by atoms with Crippen LogP contribution in [0.15, 0.2) is 71.7 Å². The van der Waals surface area contributed by atoms with Crippen LogP contribution in [0, 0.1) is 0 Å². The predicted octanol–water partition coefficient (Wildman–Crippen LogP) is 3.74. The molecule has 0 aliphatic carbocycles. The molecule has 0 spiro atoms. The third-order valence-corrected chi connectivity index (χ3v) is 8.39. The number of sulfonamides is 1. The predicted molar refractivity (Wildman–Crippen MR) is 144 cm³/mol. The lowest BCUT2D eigenvalue weighted by molar-refractivity contribution is -0.140. The van der Waals surface area contributed by atoms with Gasteiger partial charge in [-0.2, -0.15) is 4.31 Å². The molecule has 2 aromatic carbocycles. The van der Waals surface area contributed by atoms with Crippen molar-refractivity contribution in [2.24, 2.45) is 0 Å². The van der Waals surface area contributed by atoms with Crippen molar-refractivity contribution in [2.75, 3.05) is 40.0 Å². The third kappa shape index (κ3) is 5.98. The minimum Gasteiger partial charge on any atom is -0.507 e. The molecule has 1 atom stereocenters. The van der Waals surface area contributed by atoms with E-state index in [1.807, 2.05) is 0 Å². The second-order valence-corrected chi connectivity index (χ2v) is 10.6. The van der Waals surface area contributed by atoms with Crippen LogP contribution in [0.2, 0.25) is 0 Å². The van der Waals surface area contributed by atoms with E-state index in [9.17, 15) is 23.1 Å². The summed E-state index contributed by atoms with van der Waals surface area (Å²) in [4.78, 5) is 27.7. The van der Waals surface area contributed by atoms with Gasteiger partial charge in [-0.15, -0.1) is 0 Å². The SMILES string of the molecule is C=CCOc1ccc(C2/C(=C(/O)c3ccc(S(=O)(=O)N(CC)CC)cc3)C(=O)C(=O)N2CCCOC)cc1. The Morgan fingerprint density at radius 1 is 1.08 bits per heavy atom. The van der Waals surface area contributed by atoms with Crippen LogP contribution < -0.4 is 4.74 Å². The number of methoxy groups -OCH3 is 1. The van der Waals surface area contributed by atoms with E-state index in [1.54, 1.807) is 51.3 Å². The summed E-state index contributed by atoms with van der Waals surface area (Å²) in [5.41, 5.74) is 0.788. The van der Waals surface area contributed by atoms with Crippen molar-refractivity contribution in [3.8, 4) is 5.75 Å². The Balaban J connectivity index is 2.05. The standard InChI is InChI=1S/C28H34N2O7S/c1-5-18-37-22-13-9-20(10-14-22)25-24(27(32)28(33)30(25)17-8-19-36-4)26(31)21-11-15-23(16-12-21)38(34,35)29(6-2)7-3/h5,9-16,25,31H,1,6-8,17-19H2,2-4H3/b26-24-. The molecule has 1 N–H and O–H groups in total. The van der Waals surface area contributed by atoms with Crippen molar-refractivity contribution >= 4 is 27.5 Å². The molecule has 1 saturated heterocycles. The number of hydrogen-bond acceptors (Lipinski definition) is 7. The number of benzene rings is 2. The summed E-state index contributed by atoms with van der Waals surface area (Å²) in [5.74, 6) is -1.31. The maximum absolute atomic E-state index is 13.2. The quantitative estimate of drug-likeness (QED) is 0.135. The number of likely N-dealkylation sites (tertiary alicyclic amines) is 1. The molecule has 1 aliphatic heterocycles. The average Bonchev–Trinajstić information content (AvgIpc) is 3.17. The monoisotopic (exact) mass is 542 g/mol. The van der Waals surface area contributed by atoms with E-state index in [1.165, 1.54) is 33.5 Å². The first-order valence-electron chi connectivity index (χ1n) is 12.4. The van der Waals surface area contributed by atoms with E-state index in [2.05, 4.69) is 6.58 Å². The first kappa shape index (κ1) is 29.1. The van der Waals surface area contributed by atoms with Gasteiger partial charge in [0.15, 0.2) is 0 Å². The van der Waals surface area contributed by atoms with Crippen molar-refractivity contribution in [3.05, 3.63) is 77.9 Å². The van der Waals surface area contributed by atoms with Gasteiger partial charge in [0.25, 0.3) is 11.7 Å². The van der Waals surface area contributed by atoms with Gasteiger partial charge in [-0.25, -0.2) is 8.42 Å². The summed E-state index contributed by atoms with van der Waals surface area (Å²) in [6, 6.07) is 11.7. The first-order valence-corrected chi connectivity index (χ1v) is 13.9. The molecular weight excluding hydrogens is 508 g/mol. The van der Waals surface area contributed by atoms with Crippen molar-refractivity contribution in [2.45, 2.75) is 31.2 Å². The van der Waals surface area contributed by atoms with Gasteiger partial charge < -0.3 is 19.5 Å². The van der Waals surface area contributed by atoms with Gasteiger partial charge in [0.1, 0.15) is 18.1 Å². The second-order valence-electron chi connectivity index (χ2n) is 8.62. The van der Waals surface area contributed by atoms with Gasteiger partial charge in [-0.05, 0) is 48.4 Å². The van der Waals surface area contributed by atoms with Gasteiger partial charge in [-0.3, -0.25) is 9.59 Å². The van der Waals surface area contributed by atoms with Gasteiger partial charge >= 0.3 is 0 Å². The summed E-state index contributed by atoms with van der Waals surface area (Å²) in [7, 11) is -2.14. The highest BCUT2D eigenvalue weighted by Crippen LogP contribution is 2.40. The Morgan fingerprint density at radius 2 is 1.71 bits per heavy atom. The van der Waals surface area contributed by atoms with Gasteiger partial charge in [0.2, 0.25) is 10.0 Å². The highest BCUT2D eigenvalue weighted by Gasteiger charge is 2.45. The normalized spacial score (nSPS) is 17.3. The highest BCUT2D eigenvalue weighted by atomic mass is 32.2. The molecule has 1 amide bonds. The fourth-order valence-electron chi connectivity index (χ4n) is 4.39. The fourth-order valence-corrected chi connectivity index (χ4v) is 5.85. The number of ether oxygens (including phenoxy) is 2. The molecule has 0 radical (unpaired) electrons. The molecular formula is C28H34N2O7S. The lowest BCUT2D eigenvalue weighted by Gasteiger charge is -2.25. The lowest BCUT2D eigenvalue weighted by atomic mass is 9.95. The van der Waals surface area contributed by atoms with Crippen molar-refractivity contribution < 1.29 is 32.6 Å². The molecule has 2 aromatic rings. The van der Waals surface area contributed by atoms with Crippen LogP contribution in [0.3, 0.4) is 0 Å². The summed E-state index contributed by atoms with van der Waals surface area (Å²) < 4.78 is 37.7. The van der Waals surface area contributed by atoms with Gasteiger partial charge in [-0.1, -0.05) is 38.6 Å². The topological polar surface area (TPSA) is 113 Å². The van der Waals surface area contributed by atoms with Crippen molar-refractivity contribution in [1.29, 1.82) is 0 Å². The van der Waals surface area contributed by atoms with E-state index in [-0.39, 0.29) is 28.3 Å². The minimum atomic E-state index is -3.69. The number of hydrogen-bond donors (Lipinski definition) is 1. The van der Waals surface area contributed by atoms with Crippen molar-refractivity contribution in [1.82, 2.24) is 9.21 Å². The number of ketones is 1. The van der Waals surface area contributed by atoms with Crippen LogP contribution >= 0.6 is 0 Å². The summed E-state index contributed by atoms with van der Waals surface area (Å²) in [6.07, 6.45) is 2.12. The molecule has 10 heteroatoms. The Labute approximate surface area is 224 Å². The molecule has 9 nitrogen and oxygen atoms in total.